The average molecular weight is 504 g/mol. The normalized spacial score (nSPS) is 24.9. The Morgan fingerprint density at radius 2 is 1.94 bits per heavy atom. The van der Waals surface area contributed by atoms with E-state index in [-0.39, 0.29) is 23.3 Å². The molecule has 2 N–H and O–H groups in total. The van der Waals surface area contributed by atoms with Crippen LogP contribution in [0.15, 0.2) is 16.8 Å². The lowest BCUT2D eigenvalue weighted by atomic mass is 9.75. The van der Waals surface area contributed by atoms with Gasteiger partial charge in [-0.15, -0.1) is 0 Å². The van der Waals surface area contributed by atoms with Gasteiger partial charge in [0, 0.05) is 43.7 Å². The van der Waals surface area contributed by atoms with Crippen LogP contribution in [0.5, 0.6) is 0 Å². The predicted molar refractivity (Wildman–Crippen MR) is 121 cm³/mol. The highest BCUT2D eigenvalue weighted by atomic mass is 32.1. The number of carbonyl (C=O) groups excluding carboxylic acids is 2. The molecule has 0 aliphatic carbocycles. The highest BCUT2D eigenvalue weighted by Crippen LogP contribution is 2.44. The van der Waals surface area contributed by atoms with Crippen LogP contribution in [-0.2, 0) is 20.8 Å². The second-order valence-electron chi connectivity index (χ2n) is 9.44. The number of hydrogen-bond donors (Lipinski definition) is 2. The molecule has 1 aromatic rings. The number of nitrogens with one attached hydrogen (secondary N) is 1. The molecule has 0 radical (unpaired) electrons. The third-order valence-electron chi connectivity index (χ3n) is 7.28. The molecule has 3 aliphatic rings. The Kier molecular flexibility index (Phi) is 8.28. The minimum Gasteiger partial charge on any atom is -0.475 e. The van der Waals surface area contributed by atoms with Crippen molar-refractivity contribution in [2.24, 2.45) is 11.8 Å². The molecule has 0 saturated carbocycles. The number of nitrogens with zero attached hydrogens (tertiary/aromatic N) is 2. The van der Waals surface area contributed by atoms with E-state index < -0.39 is 12.1 Å². The monoisotopic (exact) mass is 503 g/mol. The molecule has 3 atom stereocenters. The predicted octanol–water partition coefficient (Wildman–Crippen LogP) is 3.15. The zero-order valence-electron chi connectivity index (χ0n) is 19.4. The summed E-state index contributed by atoms with van der Waals surface area (Å²) in [7, 11) is 0. The zero-order valence-corrected chi connectivity index (χ0v) is 20.3. The second kappa shape index (κ2) is 10.6. The van der Waals surface area contributed by atoms with E-state index in [0.29, 0.717) is 18.4 Å². The molecule has 2 amide bonds. The number of piperidine rings is 1. The number of aliphatic carboxylic acids is 1. The largest absolute Gasteiger partial charge is 0.490 e. The maximum absolute atomic E-state index is 12.7. The van der Waals surface area contributed by atoms with Crippen LogP contribution >= 0.6 is 11.3 Å². The molecule has 0 bridgehead atoms. The quantitative estimate of drug-likeness (QED) is 0.645. The number of hydrogen-bond acceptors (Lipinski definition) is 5. The van der Waals surface area contributed by atoms with E-state index in [1.54, 1.807) is 11.3 Å². The van der Waals surface area contributed by atoms with Gasteiger partial charge in [0.2, 0.25) is 11.8 Å². The van der Waals surface area contributed by atoms with Crippen molar-refractivity contribution >= 4 is 29.1 Å². The first-order valence-corrected chi connectivity index (χ1v) is 12.6. The molecule has 0 aromatic carbocycles. The molecule has 1 aromatic heterocycles. The maximum atomic E-state index is 12.7. The fourth-order valence-electron chi connectivity index (χ4n) is 5.38. The molecular weight excluding hydrogens is 471 g/mol. The van der Waals surface area contributed by atoms with Crippen LogP contribution in [0.25, 0.3) is 0 Å². The Morgan fingerprint density at radius 1 is 1.29 bits per heavy atom. The van der Waals surface area contributed by atoms with Gasteiger partial charge in [-0.2, -0.15) is 24.5 Å². The Bertz CT molecular complexity index is 869. The number of likely N-dealkylation sites (tertiary alicyclic amines) is 2. The number of fused-ring (bicyclic) bond motifs is 2. The van der Waals surface area contributed by atoms with Crippen molar-refractivity contribution in [3.63, 3.8) is 0 Å². The van der Waals surface area contributed by atoms with Gasteiger partial charge >= 0.3 is 12.1 Å². The van der Waals surface area contributed by atoms with Crippen LogP contribution < -0.4 is 5.32 Å². The minimum absolute atomic E-state index is 0.0956. The second-order valence-corrected chi connectivity index (χ2v) is 10.2. The van der Waals surface area contributed by atoms with Crippen molar-refractivity contribution in [2.75, 3.05) is 26.2 Å². The van der Waals surface area contributed by atoms with Crippen LogP contribution in [-0.4, -0.2) is 76.6 Å². The van der Waals surface area contributed by atoms with E-state index in [2.05, 4.69) is 29.4 Å². The number of carboxylic acids is 1. The highest BCUT2D eigenvalue weighted by Gasteiger charge is 2.57. The fraction of sp³-hybridized carbons (Fsp3) is 0.696. The molecule has 34 heavy (non-hydrogen) atoms. The lowest BCUT2D eigenvalue weighted by Gasteiger charge is -2.43. The third kappa shape index (κ3) is 5.91. The maximum Gasteiger partial charge on any atom is 0.490 e. The van der Waals surface area contributed by atoms with Crippen molar-refractivity contribution in [2.45, 2.75) is 63.7 Å². The van der Waals surface area contributed by atoms with Crippen LogP contribution in [0.1, 0.15) is 45.1 Å². The summed E-state index contributed by atoms with van der Waals surface area (Å²) in [6, 6.07) is 2.58. The van der Waals surface area contributed by atoms with E-state index in [0.717, 1.165) is 44.6 Å². The van der Waals surface area contributed by atoms with Gasteiger partial charge in [-0.25, -0.2) is 4.79 Å². The summed E-state index contributed by atoms with van der Waals surface area (Å²) in [6.45, 7) is 7.97. The molecule has 3 aliphatic heterocycles. The molecule has 11 heteroatoms. The van der Waals surface area contributed by atoms with E-state index in [9.17, 15) is 22.8 Å². The summed E-state index contributed by atoms with van der Waals surface area (Å²) < 4.78 is 31.7. The van der Waals surface area contributed by atoms with Crippen LogP contribution in [0, 0.1) is 11.8 Å². The SMILES string of the molecule is CCCC(C)N1C[C@H]2C(=O)NC3(CCN(C(=O)Cc4ccsc4)CC3)[C@H]2C1.O=C(O)C(F)(F)F. The Balaban J connectivity index is 0.000000406. The van der Waals surface area contributed by atoms with Crippen molar-refractivity contribution in [3.05, 3.63) is 22.4 Å². The average Bonchev–Trinajstić information content (AvgIpc) is 3.48. The molecular formula is C23H32F3N3O4S. The van der Waals surface area contributed by atoms with Gasteiger partial charge in [0.15, 0.2) is 0 Å². The summed E-state index contributed by atoms with van der Waals surface area (Å²) >= 11 is 1.64. The lowest BCUT2D eigenvalue weighted by molar-refractivity contribution is -0.192. The van der Waals surface area contributed by atoms with Gasteiger partial charge in [0.25, 0.3) is 0 Å². The first kappa shape index (κ1) is 26.5. The minimum atomic E-state index is -5.08. The smallest absolute Gasteiger partial charge is 0.475 e. The summed E-state index contributed by atoms with van der Waals surface area (Å²) in [4.78, 5) is 38.7. The number of amides is 2. The highest BCUT2D eigenvalue weighted by molar-refractivity contribution is 7.08. The molecule has 3 saturated heterocycles. The van der Waals surface area contributed by atoms with Gasteiger partial charge in [-0.05, 0) is 48.6 Å². The number of rotatable bonds is 5. The van der Waals surface area contributed by atoms with Crippen molar-refractivity contribution in [1.29, 1.82) is 0 Å². The molecule has 4 heterocycles. The summed E-state index contributed by atoms with van der Waals surface area (Å²) in [5, 5.41) is 14.6. The van der Waals surface area contributed by atoms with Gasteiger partial charge in [-0.3, -0.25) is 14.5 Å². The van der Waals surface area contributed by atoms with Gasteiger partial charge < -0.3 is 15.3 Å². The van der Waals surface area contributed by atoms with Crippen LogP contribution in [0.2, 0.25) is 0 Å². The fourth-order valence-corrected chi connectivity index (χ4v) is 6.05. The molecule has 7 nitrogen and oxygen atoms in total. The van der Waals surface area contributed by atoms with Crippen molar-refractivity contribution < 1.29 is 32.7 Å². The zero-order chi connectivity index (χ0) is 25.1. The van der Waals surface area contributed by atoms with Crippen molar-refractivity contribution in [3.8, 4) is 0 Å². The number of alkyl halides is 3. The lowest BCUT2D eigenvalue weighted by Crippen LogP contribution is -2.56. The van der Waals surface area contributed by atoms with E-state index in [4.69, 9.17) is 9.90 Å². The van der Waals surface area contributed by atoms with Crippen LogP contribution in [0.4, 0.5) is 13.2 Å². The number of thiophene rings is 1. The van der Waals surface area contributed by atoms with Gasteiger partial charge in [0.1, 0.15) is 0 Å². The van der Waals surface area contributed by atoms with Gasteiger partial charge in [-0.1, -0.05) is 13.3 Å². The molecule has 1 unspecified atom stereocenters. The Morgan fingerprint density at radius 3 is 2.47 bits per heavy atom. The third-order valence-corrected chi connectivity index (χ3v) is 8.01. The van der Waals surface area contributed by atoms with E-state index >= 15 is 0 Å². The first-order valence-electron chi connectivity index (χ1n) is 11.6. The first-order chi connectivity index (χ1) is 16.0. The number of carbonyl (C=O) groups is 3. The number of carboxylic acid groups (broad SMARTS) is 1. The summed E-state index contributed by atoms with van der Waals surface area (Å²) in [5.41, 5.74) is 1.01. The van der Waals surface area contributed by atoms with E-state index in [1.165, 1.54) is 12.8 Å². The van der Waals surface area contributed by atoms with Crippen molar-refractivity contribution in [1.82, 2.24) is 15.1 Å². The molecule has 190 valence electrons. The summed E-state index contributed by atoms with van der Waals surface area (Å²) in [6.07, 6.45) is -0.418. The number of halogens is 3. The summed E-state index contributed by atoms with van der Waals surface area (Å²) in [5.74, 6) is -1.76. The Hall–Kier alpha value is -2.14. The molecule has 1 spiro atoms. The van der Waals surface area contributed by atoms with Crippen LogP contribution in [0.3, 0.4) is 0 Å². The van der Waals surface area contributed by atoms with Gasteiger partial charge in [0.05, 0.1) is 12.3 Å². The topological polar surface area (TPSA) is 90.0 Å². The molecule has 4 rings (SSSR count). The Labute approximate surface area is 201 Å². The standard InChI is InChI=1S/C21H31N3O2S.C2HF3O2/c1-3-4-15(2)24-12-17-18(13-24)21(22-20(17)26)6-8-23(9-7-21)19(25)11-16-5-10-27-14-16;3-2(4,5)1(6)7/h5,10,14-15,17-18H,3-4,6-9,11-13H2,1-2H3,(H,22,26);(H,6,7)/t15?,17-,18+;/m1./s1. The molecule has 3 fully saturated rings. The van der Waals surface area contributed by atoms with E-state index in [1.807, 2.05) is 16.3 Å².